The van der Waals surface area contributed by atoms with E-state index in [-0.39, 0.29) is 40.5 Å². The molecule has 6 rings (SSSR count). The molecule has 3 unspecified atom stereocenters. The molecule has 2 saturated heterocycles. The fraction of sp³-hybridized carbons (Fsp3) is 0.500. The van der Waals surface area contributed by atoms with Crippen LogP contribution in [0, 0.1) is 0 Å². The van der Waals surface area contributed by atoms with Gasteiger partial charge in [0.1, 0.15) is 36.8 Å². The summed E-state index contributed by atoms with van der Waals surface area (Å²) in [5.74, 6) is -0.167. The van der Waals surface area contributed by atoms with Crippen LogP contribution in [0.5, 0.6) is 0 Å². The number of anilines is 2. The standard InChI is InChI=1S/C20H22F2N10O9P2S/c21-8-1-7(39-18(8)31-5-27-11-14(23)25-4-26-15(11)31)2-38-43(36,44)41-13-10(22)9(3-37-42(34)35)40-19(13)32-6-28-12-16(32)29-20(24)30-17(12)33/h4-10,13,18-19H,1-3H2,(H6-,23,24,25,26,29,30,33,34,35,36,44)/p+1/t7-,8-,9+,10-,13?,18+,19+,43?/m0/s1. The minimum atomic E-state index is -4.30. The summed E-state index contributed by atoms with van der Waals surface area (Å²) in [5, 5.41) is 0. The van der Waals surface area contributed by atoms with Gasteiger partial charge in [-0.2, -0.15) is 4.98 Å². The van der Waals surface area contributed by atoms with Gasteiger partial charge in [-0.15, -0.1) is 9.42 Å². The number of hydrogen-bond acceptors (Lipinski definition) is 15. The summed E-state index contributed by atoms with van der Waals surface area (Å²) in [5.41, 5.74) is 11.0. The van der Waals surface area contributed by atoms with Gasteiger partial charge in [0.05, 0.1) is 25.4 Å². The zero-order valence-electron chi connectivity index (χ0n) is 22.0. The van der Waals surface area contributed by atoms with E-state index in [9.17, 15) is 14.3 Å². The molecule has 0 bridgehead atoms. The molecular weight excluding hydrogens is 656 g/mol. The quantitative estimate of drug-likeness (QED) is 0.141. The van der Waals surface area contributed by atoms with Crippen molar-refractivity contribution in [2.45, 2.75) is 49.5 Å². The minimum absolute atomic E-state index is 0.106. The highest BCUT2D eigenvalue weighted by Gasteiger charge is 2.51. The molecule has 6 heterocycles. The van der Waals surface area contributed by atoms with E-state index in [1.165, 1.54) is 17.2 Å². The highest BCUT2D eigenvalue weighted by Crippen LogP contribution is 2.51. The zero-order valence-corrected chi connectivity index (χ0v) is 24.6. The second kappa shape index (κ2) is 12.0. The van der Waals surface area contributed by atoms with E-state index in [4.69, 9.17) is 46.7 Å². The number of alkyl halides is 2. The Hall–Kier alpha value is -3.17. The minimum Gasteiger partial charge on any atom is -0.382 e. The largest absolute Gasteiger partial charge is 0.694 e. The number of ether oxygens (including phenoxy) is 2. The third-order valence-corrected chi connectivity index (χ3v) is 8.74. The fourth-order valence-corrected chi connectivity index (χ4v) is 6.60. The van der Waals surface area contributed by atoms with Crippen LogP contribution in [-0.4, -0.2) is 92.7 Å². The molecule has 7 N–H and O–H groups in total. The topological polar surface area (TPSA) is 263 Å². The first-order chi connectivity index (χ1) is 20.9. The molecule has 2 fully saturated rings. The first kappa shape index (κ1) is 30.8. The Kier molecular flexibility index (Phi) is 8.39. The summed E-state index contributed by atoms with van der Waals surface area (Å²) in [4.78, 5) is 54.4. The van der Waals surface area contributed by atoms with Gasteiger partial charge in [-0.3, -0.25) is 23.4 Å². The van der Waals surface area contributed by atoms with Crippen LogP contribution in [-0.2, 0) is 39.4 Å². The molecule has 0 amide bonds. The Balaban J connectivity index is 1.18. The van der Waals surface area contributed by atoms with Crippen molar-refractivity contribution in [2.75, 3.05) is 24.7 Å². The molecule has 0 spiro atoms. The molecule has 44 heavy (non-hydrogen) atoms. The second-order valence-electron chi connectivity index (χ2n) is 9.64. The molecule has 0 aromatic carbocycles. The number of fused-ring (bicyclic) bond motifs is 2. The number of nitrogens with one attached hydrogen (secondary N) is 1. The van der Waals surface area contributed by atoms with Crippen LogP contribution < -0.4 is 17.0 Å². The lowest BCUT2D eigenvalue weighted by atomic mass is 10.1. The van der Waals surface area contributed by atoms with Crippen molar-refractivity contribution < 1.29 is 46.2 Å². The van der Waals surface area contributed by atoms with Crippen molar-refractivity contribution in [1.82, 2.24) is 39.0 Å². The Bertz CT molecular complexity index is 1830. The molecule has 0 saturated carbocycles. The maximum absolute atomic E-state index is 15.6. The summed E-state index contributed by atoms with van der Waals surface area (Å²) in [6.07, 6.45) is -6.94. The second-order valence-corrected chi connectivity index (χ2v) is 13.2. The first-order valence-electron chi connectivity index (χ1n) is 12.6. The SMILES string of the molecule is Nc1nc2c(ncn2[C@@H]2O[C@H](CO[P+](=O)O)[C@H](F)C2OP(O)(=S)OC[C@@H]2C[C@H](F)[C@H](n3cnc4c(N)ncnc43)O2)c(=O)[nH]1. The predicted octanol–water partition coefficient (Wildman–Crippen LogP) is 0.270. The van der Waals surface area contributed by atoms with Gasteiger partial charge in [0.25, 0.3) is 5.56 Å². The number of halogens is 2. The number of H-pyrrole nitrogens is 1. The Morgan fingerprint density at radius 1 is 1.11 bits per heavy atom. The Labute approximate surface area is 249 Å². The van der Waals surface area contributed by atoms with Gasteiger partial charge >= 0.3 is 15.0 Å². The number of imidazole rings is 2. The molecule has 2 aliphatic heterocycles. The van der Waals surface area contributed by atoms with Gasteiger partial charge < -0.3 is 30.4 Å². The highest BCUT2D eigenvalue weighted by atomic mass is 32.5. The van der Waals surface area contributed by atoms with Crippen molar-refractivity contribution >= 4 is 60.9 Å². The monoisotopic (exact) mass is 679 g/mol. The van der Waals surface area contributed by atoms with Crippen molar-refractivity contribution in [3.05, 3.63) is 29.3 Å². The molecule has 2 aliphatic rings. The van der Waals surface area contributed by atoms with Crippen LogP contribution in [0.4, 0.5) is 20.5 Å². The van der Waals surface area contributed by atoms with E-state index >= 15 is 8.78 Å². The van der Waals surface area contributed by atoms with Crippen LogP contribution in [0.25, 0.3) is 22.3 Å². The van der Waals surface area contributed by atoms with E-state index in [0.717, 1.165) is 10.9 Å². The smallest absolute Gasteiger partial charge is 0.382 e. The molecular formula is C20H23F2N10O9P2S+. The van der Waals surface area contributed by atoms with E-state index in [1.807, 2.05) is 0 Å². The van der Waals surface area contributed by atoms with Crippen molar-refractivity contribution in [2.24, 2.45) is 0 Å². The molecule has 9 atom stereocenters. The number of aromatic nitrogens is 8. The molecule has 0 aliphatic carbocycles. The van der Waals surface area contributed by atoms with Crippen LogP contribution in [0.15, 0.2) is 23.8 Å². The number of hydrogen-bond donors (Lipinski definition) is 5. The van der Waals surface area contributed by atoms with E-state index < -0.39 is 76.9 Å². The van der Waals surface area contributed by atoms with Crippen molar-refractivity contribution in [1.29, 1.82) is 0 Å². The Morgan fingerprint density at radius 3 is 2.59 bits per heavy atom. The zero-order chi connectivity index (χ0) is 31.3. The molecule has 19 nitrogen and oxygen atoms in total. The third-order valence-electron chi connectivity index (χ3n) is 6.81. The van der Waals surface area contributed by atoms with Gasteiger partial charge in [0.2, 0.25) is 5.95 Å². The molecule has 24 heteroatoms. The van der Waals surface area contributed by atoms with Crippen LogP contribution in [0.2, 0.25) is 0 Å². The van der Waals surface area contributed by atoms with E-state index in [0.29, 0.717) is 0 Å². The van der Waals surface area contributed by atoms with Gasteiger partial charge in [-0.25, -0.2) is 28.7 Å². The van der Waals surface area contributed by atoms with Crippen molar-refractivity contribution in [3.8, 4) is 0 Å². The van der Waals surface area contributed by atoms with Crippen LogP contribution >= 0.6 is 15.0 Å². The summed E-state index contributed by atoms with van der Waals surface area (Å²) >= 11 is 5.12. The lowest BCUT2D eigenvalue weighted by Gasteiger charge is -2.26. The molecule has 0 radical (unpaired) electrons. The maximum atomic E-state index is 15.6. The van der Waals surface area contributed by atoms with E-state index in [2.05, 4.69) is 34.4 Å². The van der Waals surface area contributed by atoms with Crippen molar-refractivity contribution in [3.63, 3.8) is 0 Å². The van der Waals surface area contributed by atoms with Crippen LogP contribution in [0.3, 0.4) is 0 Å². The summed E-state index contributed by atoms with van der Waals surface area (Å²) < 4.78 is 71.2. The number of nitrogens with zero attached hydrogens (tertiary/aromatic N) is 7. The molecule has 4 aromatic heterocycles. The number of nitrogens with two attached hydrogens (primary N) is 2. The Morgan fingerprint density at radius 2 is 1.84 bits per heavy atom. The molecule has 4 aromatic rings. The van der Waals surface area contributed by atoms with Gasteiger partial charge in [-0.1, -0.05) is 0 Å². The number of rotatable bonds is 10. The van der Waals surface area contributed by atoms with E-state index in [1.54, 1.807) is 0 Å². The summed E-state index contributed by atoms with van der Waals surface area (Å²) in [6.45, 7) is -5.43. The lowest BCUT2D eigenvalue weighted by Crippen LogP contribution is -2.32. The van der Waals surface area contributed by atoms with Crippen LogP contribution in [0.1, 0.15) is 18.9 Å². The summed E-state index contributed by atoms with van der Waals surface area (Å²) in [6, 6.07) is 0. The first-order valence-corrected chi connectivity index (χ1v) is 16.3. The van der Waals surface area contributed by atoms with Gasteiger partial charge in [0, 0.05) is 11.0 Å². The average Bonchev–Trinajstić information content (AvgIpc) is 3.72. The van der Waals surface area contributed by atoms with Gasteiger partial charge in [-0.05, 0) is 11.8 Å². The van der Waals surface area contributed by atoms with Gasteiger partial charge in [0.15, 0.2) is 41.3 Å². The predicted molar refractivity (Wildman–Crippen MR) is 148 cm³/mol. The number of nitrogen functional groups attached to an aromatic ring is 2. The summed E-state index contributed by atoms with van der Waals surface area (Å²) in [7, 11) is -3.10. The third kappa shape index (κ3) is 5.93. The fourth-order valence-electron chi connectivity index (χ4n) is 4.90. The number of aromatic amines is 1. The normalized spacial score (nSPS) is 29.0. The molecule has 236 valence electrons. The lowest BCUT2D eigenvalue weighted by molar-refractivity contribution is -0.0492. The average molecular weight is 679 g/mol. The maximum Gasteiger partial charge on any atom is 0.694 e. The highest BCUT2D eigenvalue weighted by molar-refractivity contribution is 8.07.